The molecule has 0 spiro atoms. The van der Waals surface area contributed by atoms with Crippen molar-refractivity contribution in [3.05, 3.63) is 29.8 Å². The van der Waals surface area contributed by atoms with Gasteiger partial charge < -0.3 is 5.32 Å². The Bertz CT molecular complexity index is 500. The number of benzene rings is 1. The van der Waals surface area contributed by atoms with E-state index in [2.05, 4.69) is 19.2 Å². The Labute approximate surface area is 116 Å². The summed E-state index contributed by atoms with van der Waals surface area (Å²) in [6.45, 7) is 6.36. The van der Waals surface area contributed by atoms with Crippen LogP contribution in [-0.2, 0) is 10.0 Å². The van der Waals surface area contributed by atoms with E-state index in [9.17, 15) is 8.42 Å². The molecule has 1 rings (SSSR count). The summed E-state index contributed by atoms with van der Waals surface area (Å²) in [5, 5.41) is 8.68. The number of primary sulfonamides is 1. The molecule has 0 radical (unpaired) electrons. The third-order valence-corrected chi connectivity index (χ3v) is 4.21. The van der Waals surface area contributed by atoms with E-state index < -0.39 is 10.0 Å². The van der Waals surface area contributed by atoms with Gasteiger partial charge in [0.25, 0.3) is 0 Å². The molecule has 0 fully saturated rings. The first-order valence-electron chi connectivity index (χ1n) is 6.77. The predicted molar refractivity (Wildman–Crippen MR) is 78.4 cm³/mol. The molecule has 0 bridgehead atoms. The minimum Gasteiger partial charge on any atom is -0.307 e. The first-order chi connectivity index (χ1) is 8.88. The van der Waals surface area contributed by atoms with Crippen LogP contribution in [0, 0.1) is 0 Å². The van der Waals surface area contributed by atoms with Crippen LogP contribution in [-0.4, -0.2) is 14.5 Å². The summed E-state index contributed by atoms with van der Waals surface area (Å²) >= 11 is 0. The van der Waals surface area contributed by atoms with E-state index in [0.29, 0.717) is 6.04 Å². The lowest BCUT2D eigenvalue weighted by Gasteiger charge is -2.22. The second-order valence-electron chi connectivity index (χ2n) is 4.90. The summed E-state index contributed by atoms with van der Waals surface area (Å²) in [6, 6.07) is 7.39. The van der Waals surface area contributed by atoms with Crippen molar-refractivity contribution in [2.24, 2.45) is 5.14 Å². The largest absolute Gasteiger partial charge is 0.307 e. The van der Waals surface area contributed by atoms with Crippen molar-refractivity contribution in [3.8, 4) is 0 Å². The lowest BCUT2D eigenvalue weighted by molar-refractivity contribution is 0.417. The molecule has 0 aliphatic carbocycles. The number of nitrogens with two attached hydrogens (primary N) is 1. The lowest BCUT2D eigenvalue weighted by Crippen LogP contribution is -2.31. The highest BCUT2D eigenvalue weighted by molar-refractivity contribution is 7.89. The van der Waals surface area contributed by atoms with Crippen LogP contribution in [0.3, 0.4) is 0 Å². The van der Waals surface area contributed by atoms with Crippen LogP contribution in [0.5, 0.6) is 0 Å². The molecule has 0 aliphatic heterocycles. The molecule has 0 heterocycles. The summed E-state index contributed by atoms with van der Waals surface area (Å²) in [4.78, 5) is 0.169. The molecule has 19 heavy (non-hydrogen) atoms. The normalized spacial score (nSPS) is 15.2. The molecule has 108 valence electrons. The maximum absolute atomic E-state index is 11.3. The van der Waals surface area contributed by atoms with Crippen LogP contribution in [0.2, 0.25) is 0 Å². The zero-order valence-electron chi connectivity index (χ0n) is 11.9. The Hall–Kier alpha value is -0.910. The van der Waals surface area contributed by atoms with Crippen LogP contribution in [0.1, 0.15) is 51.6 Å². The maximum atomic E-state index is 11.3. The minimum absolute atomic E-state index is 0.109. The van der Waals surface area contributed by atoms with E-state index in [1.807, 2.05) is 13.0 Å². The van der Waals surface area contributed by atoms with Crippen LogP contribution in [0.25, 0.3) is 0 Å². The Morgan fingerprint density at radius 1 is 1.32 bits per heavy atom. The molecule has 1 aromatic rings. The Morgan fingerprint density at radius 2 is 2.00 bits per heavy atom. The molecule has 0 aliphatic rings. The van der Waals surface area contributed by atoms with Gasteiger partial charge in [0.15, 0.2) is 0 Å². The second-order valence-corrected chi connectivity index (χ2v) is 6.46. The summed E-state index contributed by atoms with van der Waals surface area (Å²) in [5.41, 5.74) is 0.945. The third-order valence-electron chi connectivity index (χ3n) is 3.30. The van der Waals surface area contributed by atoms with Crippen molar-refractivity contribution in [2.45, 2.75) is 57.0 Å². The van der Waals surface area contributed by atoms with E-state index in [1.165, 1.54) is 6.07 Å². The van der Waals surface area contributed by atoms with E-state index in [4.69, 9.17) is 5.14 Å². The average Bonchev–Trinajstić information content (AvgIpc) is 2.37. The molecule has 3 N–H and O–H groups in total. The Morgan fingerprint density at radius 3 is 2.53 bits per heavy atom. The molecule has 2 unspecified atom stereocenters. The molecule has 0 saturated carbocycles. The summed E-state index contributed by atoms with van der Waals surface area (Å²) in [5.74, 6) is 0. The fourth-order valence-corrected chi connectivity index (χ4v) is 2.73. The zero-order valence-corrected chi connectivity index (χ0v) is 12.7. The van der Waals surface area contributed by atoms with Gasteiger partial charge in [-0.1, -0.05) is 32.4 Å². The van der Waals surface area contributed by atoms with E-state index in [-0.39, 0.29) is 10.9 Å². The van der Waals surface area contributed by atoms with Crippen molar-refractivity contribution >= 4 is 10.0 Å². The SMILES string of the molecule is CCCC(CC)NC(C)c1cccc(S(N)(=O)=O)c1. The number of rotatable bonds is 7. The van der Waals surface area contributed by atoms with Gasteiger partial charge in [-0.25, -0.2) is 13.6 Å². The Balaban J connectivity index is 2.85. The van der Waals surface area contributed by atoms with Gasteiger partial charge in [-0.05, 0) is 37.5 Å². The second kappa shape index (κ2) is 7.03. The van der Waals surface area contributed by atoms with E-state index >= 15 is 0 Å². The van der Waals surface area contributed by atoms with Gasteiger partial charge in [0.2, 0.25) is 10.0 Å². The fraction of sp³-hybridized carbons (Fsp3) is 0.571. The zero-order chi connectivity index (χ0) is 14.5. The minimum atomic E-state index is -3.63. The van der Waals surface area contributed by atoms with Crippen LogP contribution in [0.15, 0.2) is 29.2 Å². The van der Waals surface area contributed by atoms with Crippen molar-refractivity contribution in [2.75, 3.05) is 0 Å². The molecule has 1 aromatic carbocycles. The topological polar surface area (TPSA) is 72.2 Å². The number of hydrogen-bond donors (Lipinski definition) is 2. The lowest BCUT2D eigenvalue weighted by atomic mass is 10.0. The number of sulfonamides is 1. The summed E-state index contributed by atoms with van der Waals surface area (Å²) < 4.78 is 22.7. The molecular formula is C14H24N2O2S. The monoisotopic (exact) mass is 284 g/mol. The van der Waals surface area contributed by atoms with Crippen LogP contribution in [0.4, 0.5) is 0 Å². The molecule has 0 amide bonds. The Kier molecular flexibility index (Phi) is 5.97. The highest BCUT2D eigenvalue weighted by Crippen LogP contribution is 2.18. The predicted octanol–water partition coefficient (Wildman–Crippen LogP) is 2.56. The van der Waals surface area contributed by atoms with Crippen molar-refractivity contribution in [1.82, 2.24) is 5.32 Å². The maximum Gasteiger partial charge on any atom is 0.238 e. The first kappa shape index (κ1) is 16.1. The van der Waals surface area contributed by atoms with E-state index in [0.717, 1.165) is 24.8 Å². The van der Waals surface area contributed by atoms with Crippen LogP contribution < -0.4 is 10.5 Å². The third kappa shape index (κ3) is 4.93. The van der Waals surface area contributed by atoms with E-state index in [1.54, 1.807) is 12.1 Å². The van der Waals surface area contributed by atoms with Gasteiger partial charge in [0, 0.05) is 12.1 Å². The van der Waals surface area contributed by atoms with Gasteiger partial charge >= 0.3 is 0 Å². The smallest absolute Gasteiger partial charge is 0.238 e. The van der Waals surface area contributed by atoms with Gasteiger partial charge in [0.1, 0.15) is 0 Å². The van der Waals surface area contributed by atoms with Gasteiger partial charge in [0.05, 0.1) is 4.90 Å². The van der Waals surface area contributed by atoms with Crippen molar-refractivity contribution in [1.29, 1.82) is 0 Å². The highest BCUT2D eigenvalue weighted by atomic mass is 32.2. The van der Waals surface area contributed by atoms with Crippen LogP contribution >= 0.6 is 0 Å². The van der Waals surface area contributed by atoms with Gasteiger partial charge in [-0.3, -0.25) is 0 Å². The highest BCUT2D eigenvalue weighted by Gasteiger charge is 2.14. The quantitative estimate of drug-likeness (QED) is 0.808. The molecule has 0 saturated heterocycles. The number of hydrogen-bond acceptors (Lipinski definition) is 3. The van der Waals surface area contributed by atoms with Crippen molar-refractivity contribution < 1.29 is 8.42 Å². The van der Waals surface area contributed by atoms with Gasteiger partial charge in [-0.15, -0.1) is 0 Å². The summed E-state index contributed by atoms with van der Waals surface area (Å²) in [7, 11) is -3.63. The first-order valence-corrected chi connectivity index (χ1v) is 8.31. The fourth-order valence-electron chi connectivity index (χ4n) is 2.16. The molecule has 5 heteroatoms. The molecule has 0 aromatic heterocycles. The molecular weight excluding hydrogens is 260 g/mol. The average molecular weight is 284 g/mol. The van der Waals surface area contributed by atoms with Gasteiger partial charge in [-0.2, -0.15) is 0 Å². The standard InChI is InChI=1S/C14H24N2O2S/c1-4-7-13(5-2)16-11(3)12-8-6-9-14(10-12)19(15,17)18/h6,8-11,13,16H,4-5,7H2,1-3H3,(H2,15,17,18). The number of nitrogens with one attached hydrogen (secondary N) is 1. The molecule has 2 atom stereocenters. The summed E-state index contributed by atoms with van der Waals surface area (Å²) in [6.07, 6.45) is 3.32. The van der Waals surface area contributed by atoms with Crippen molar-refractivity contribution in [3.63, 3.8) is 0 Å². The molecule has 4 nitrogen and oxygen atoms in total.